The number of nitrogens with zero attached hydrogens (tertiary/aromatic N) is 2. The molecule has 3 rings (SSSR count). The largest absolute Gasteiger partial charge is 0.341 e. The van der Waals surface area contributed by atoms with Crippen molar-refractivity contribution in [1.82, 2.24) is 9.97 Å². The summed E-state index contributed by atoms with van der Waals surface area (Å²) < 4.78 is 37.4. The molecule has 0 saturated carbocycles. The van der Waals surface area contributed by atoms with Crippen LogP contribution in [0.25, 0.3) is 11.4 Å². The Kier molecular flexibility index (Phi) is 6.05. The third kappa shape index (κ3) is 4.72. The normalized spacial score (nSPS) is 20.0. The molecular weight excluding hydrogens is 338 g/mol. The van der Waals surface area contributed by atoms with Gasteiger partial charge in [-0.15, -0.1) is 0 Å². The molecule has 4 nitrogen and oxygen atoms in total. The van der Waals surface area contributed by atoms with Crippen molar-refractivity contribution < 1.29 is 18.3 Å². The molecule has 1 fully saturated rings. The highest BCUT2D eigenvalue weighted by atomic mass is 19.2. The second-order valence-corrected chi connectivity index (χ2v) is 5.79. The summed E-state index contributed by atoms with van der Waals surface area (Å²) in [4.78, 5) is 8.27. The molecule has 0 aliphatic carbocycles. The monoisotopic (exact) mass is 356 g/mol. The van der Waals surface area contributed by atoms with Gasteiger partial charge in [0.1, 0.15) is 0 Å². The Labute approximate surface area is 150 Å². The lowest BCUT2D eigenvalue weighted by molar-refractivity contribution is -0.160. The fourth-order valence-corrected chi connectivity index (χ4v) is 2.36. The Bertz CT molecular complexity index is 833. The number of hydrogen-bond acceptors (Lipinski definition) is 4. The molecule has 1 aliphatic rings. The van der Waals surface area contributed by atoms with Gasteiger partial charge in [-0.1, -0.05) is 25.0 Å². The first-order valence-corrected chi connectivity index (χ1v) is 8.34. The fourth-order valence-electron chi connectivity index (χ4n) is 2.36. The van der Waals surface area contributed by atoms with E-state index in [0.717, 1.165) is 18.6 Å². The average Bonchev–Trinajstić information content (AvgIpc) is 2.68. The van der Waals surface area contributed by atoms with Gasteiger partial charge in [0, 0.05) is 23.9 Å². The molecule has 0 radical (unpaired) electrons. The Hall–Kier alpha value is -2.62. The molecule has 0 amide bonds. The maximum Gasteiger partial charge on any atom is 0.222 e. The number of hydrogen-bond donors (Lipinski definition) is 0. The molecule has 0 unspecified atom stereocenters. The molecule has 1 aromatic heterocycles. The first kappa shape index (κ1) is 18.2. The van der Waals surface area contributed by atoms with E-state index in [-0.39, 0.29) is 5.92 Å². The Morgan fingerprint density at radius 2 is 1.88 bits per heavy atom. The van der Waals surface area contributed by atoms with E-state index < -0.39 is 17.9 Å². The molecule has 1 saturated heterocycles. The van der Waals surface area contributed by atoms with Gasteiger partial charge in [-0.25, -0.2) is 18.7 Å². The van der Waals surface area contributed by atoms with Crippen molar-refractivity contribution >= 4 is 0 Å². The van der Waals surface area contributed by atoms with E-state index in [1.54, 1.807) is 0 Å². The van der Waals surface area contributed by atoms with Crippen LogP contribution in [0.3, 0.4) is 0 Å². The number of ether oxygens (including phenoxy) is 2. The van der Waals surface area contributed by atoms with Gasteiger partial charge in [0.2, 0.25) is 6.29 Å². The Morgan fingerprint density at radius 3 is 2.54 bits per heavy atom. The molecule has 1 aromatic carbocycles. The summed E-state index contributed by atoms with van der Waals surface area (Å²) >= 11 is 0. The fraction of sp³-hybridized carbons (Fsp3) is 0.300. The van der Waals surface area contributed by atoms with E-state index in [2.05, 4.69) is 40.9 Å². The van der Waals surface area contributed by atoms with Gasteiger partial charge in [-0.3, -0.25) is 0 Å². The van der Waals surface area contributed by atoms with Crippen LogP contribution in [0.15, 0.2) is 42.7 Å². The van der Waals surface area contributed by atoms with Gasteiger partial charge >= 0.3 is 0 Å². The third-order valence-corrected chi connectivity index (χ3v) is 3.73. The molecule has 2 heterocycles. The lowest BCUT2D eigenvalue weighted by Crippen LogP contribution is -2.30. The predicted molar refractivity (Wildman–Crippen MR) is 92.9 cm³/mol. The summed E-state index contributed by atoms with van der Waals surface area (Å²) in [6.07, 6.45) is 7.63. The molecule has 0 atom stereocenters. The second-order valence-electron chi connectivity index (χ2n) is 5.79. The number of aromatic nitrogens is 2. The molecule has 0 bridgehead atoms. The maximum atomic E-state index is 13.3. The maximum absolute atomic E-state index is 13.3. The van der Waals surface area contributed by atoms with E-state index in [9.17, 15) is 8.78 Å². The molecule has 0 spiro atoms. The summed E-state index contributed by atoms with van der Waals surface area (Å²) in [5.41, 5.74) is 0.977. The predicted octanol–water partition coefficient (Wildman–Crippen LogP) is 3.73. The van der Waals surface area contributed by atoms with Crippen LogP contribution in [0, 0.1) is 29.4 Å². The summed E-state index contributed by atoms with van der Waals surface area (Å²) in [6, 6.07) is 3.53. The van der Waals surface area contributed by atoms with Crippen LogP contribution in [0.4, 0.5) is 8.78 Å². The smallest absolute Gasteiger partial charge is 0.222 e. The minimum Gasteiger partial charge on any atom is -0.341 e. The van der Waals surface area contributed by atoms with E-state index in [1.807, 2.05) is 0 Å². The van der Waals surface area contributed by atoms with E-state index >= 15 is 0 Å². The topological polar surface area (TPSA) is 44.2 Å². The lowest BCUT2D eigenvalue weighted by Gasteiger charge is -2.24. The highest BCUT2D eigenvalue weighted by molar-refractivity contribution is 5.55. The van der Waals surface area contributed by atoms with Gasteiger partial charge in [-0.2, -0.15) is 0 Å². The highest BCUT2D eigenvalue weighted by Gasteiger charge is 2.18. The van der Waals surface area contributed by atoms with Crippen LogP contribution in [0.2, 0.25) is 0 Å². The summed E-state index contributed by atoms with van der Waals surface area (Å²) in [5, 5.41) is 0. The minimum absolute atomic E-state index is 0.256. The average molecular weight is 356 g/mol. The second kappa shape index (κ2) is 8.65. The molecular formula is C20H18F2N2O2. The molecule has 1 aliphatic heterocycles. The van der Waals surface area contributed by atoms with Crippen LogP contribution in [-0.2, 0) is 9.47 Å². The lowest BCUT2D eigenvalue weighted by atomic mass is 10.1. The van der Waals surface area contributed by atoms with Crippen molar-refractivity contribution in [3.05, 3.63) is 59.9 Å². The van der Waals surface area contributed by atoms with E-state index in [0.29, 0.717) is 30.2 Å². The highest BCUT2D eigenvalue weighted by Crippen LogP contribution is 2.17. The molecule has 26 heavy (non-hydrogen) atoms. The first-order valence-electron chi connectivity index (χ1n) is 8.34. The van der Waals surface area contributed by atoms with Gasteiger partial charge in [0.05, 0.1) is 18.8 Å². The van der Waals surface area contributed by atoms with Crippen LogP contribution < -0.4 is 0 Å². The number of rotatable bonds is 3. The minimum atomic E-state index is -0.936. The molecule has 134 valence electrons. The van der Waals surface area contributed by atoms with Gasteiger partial charge in [0.25, 0.3) is 0 Å². The zero-order valence-corrected chi connectivity index (χ0v) is 14.3. The van der Waals surface area contributed by atoms with Crippen molar-refractivity contribution in [2.45, 2.75) is 19.6 Å². The molecule has 2 aromatic rings. The first-order chi connectivity index (χ1) is 12.7. The quantitative estimate of drug-likeness (QED) is 0.621. The number of benzene rings is 1. The van der Waals surface area contributed by atoms with E-state index in [1.165, 1.54) is 18.5 Å². The van der Waals surface area contributed by atoms with Crippen molar-refractivity contribution in [3.8, 4) is 23.2 Å². The van der Waals surface area contributed by atoms with Gasteiger partial charge in [-0.05, 0) is 30.5 Å². The third-order valence-electron chi connectivity index (χ3n) is 3.73. The number of allylic oxidation sites excluding steroid dienone is 1. The Morgan fingerprint density at radius 1 is 1.15 bits per heavy atom. The molecule has 6 heteroatoms. The SMILES string of the molecule is CC/C=C/C1COC(C#Cc2cnc(-c3ccc(F)c(F)c3)nc2)OC1. The van der Waals surface area contributed by atoms with E-state index in [4.69, 9.17) is 9.47 Å². The van der Waals surface area contributed by atoms with Crippen LogP contribution in [0.5, 0.6) is 0 Å². The van der Waals surface area contributed by atoms with Crippen LogP contribution in [-0.4, -0.2) is 29.5 Å². The van der Waals surface area contributed by atoms with Gasteiger partial charge in [0.15, 0.2) is 17.5 Å². The summed E-state index contributed by atoms with van der Waals surface area (Å²) in [6.45, 7) is 3.22. The number of halogens is 2. The Balaban J connectivity index is 1.61. The molecule has 0 N–H and O–H groups in total. The van der Waals surface area contributed by atoms with Crippen molar-refractivity contribution in [2.24, 2.45) is 5.92 Å². The zero-order valence-electron chi connectivity index (χ0n) is 14.3. The summed E-state index contributed by atoms with van der Waals surface area (Å²) in [7, 11) is 0. The van der Waals surface area contributed by atoms with Crippen molar-refractivity contribution in [3.63, 3.8) is 0 Å². The standard InChI is InChI=1S/C20H18F2N2O2/c1-2-3-4-15-12-25-19(26-13-15)8-5-14-10-23-20(24-11-14)16-6-7-17(21)18(22)9-16/h3-4,6-7,9-11,15,19H,2,12-13H2,1H3/b4-3+. The zero-order chi connectivity index (χ0) is 18.4. The van der Waals surface area contributed by atoms with Crippen molar-refractivity contribution in [1.29, 1.82) is 0 Å². The van der Waals surface area contributed by atoms with Crippen LogP contribution >= 0.6 is 0 Å². The van der Waals surface area contributed by atoms with Gasteiger partial charge < -0.3 is 9.47 Å². The van der Waals surface area contributed by atoms with Crippen LogP contribution in [0.1, 0.15) is 18.9 Å². The summed E-state index contributed by atoms with van der Waals surface area (Å²) in [5.74, 6) is 4.49. The van der Waals surface area contributed by atoms with Crippen molar-refractivity contribution in [2.75, 3.05) is 13.2 Å².